The number of para-hydroxylation sites is 1. The van der Waals surface area contributed by atoms with E-state index in [1.54, 1.807) is 36.4 Å². The van der Waals surface area contributed by atoms with Crippen molar-refractivity contribution >= 4 is 55.9 Å². The number of piperidine rings is 1. The minimum absolute atomic E-state index is 0.0510. The number of amides is 2. The number of aromatic nitrogens is 1. The number of sulfonamides is 1. The van der Waals surface area contributed by atoms with E-state index in [0.717, 1.165) is 6.26 Å². The normalized spacial score (nSPS) is 15.6. The van der Waals surface area contributed by atoms with E-state index in [-0.39, 0.29) is 42.2 Å². The number of halogens is 1. The average molecular weight is 477 g/mol. The van der Waals surface area contributed by atoms with Gasteiger partial charge in [0.2, 0.25) is 21.7 Å². The predicted molar refractivity (Wildman–Crippen MR) is 121 cm³/mol. The van der Waals surface area contributed by atoms with Crippen LogP contribution in [0.3, 0.4) is 0 Å². The van der Waals surface area contributed by atoms with Crippen LogP contribution < -0.4 is 10.6 Å². The lowest BCUT2D eigenvalue weighted by atomic mass is 9.97. The molecule has 0 saturated carbocycles. The number of carbonyl (C=O) groups excluding carboxylic acids is 2. The van der Waals surface area contributed by atoms with Crippen molar-refractivity contribution in [3.8, 4) is 0 Å². The van der Waals surface area contributed by atoms with Gasteiger partial charge in [0, 0.05) is 30.6 Å². The Balaban J connectivity index is 1.56. The highest BCUT2D eigenvalue weighted by Crippen LogP contribution is 2.32. The molecular formula is C21H21ClN4O5S. The number of nitrogens with one attached hydrogen (secondary N) is 2. The van der Waals surface area contributed by atoms with Gasteiger partial charge in [-0.15, -0.1) is 0 Å². The third kappa shape index (κ3) is 4.77. The van der Waals surface area contributed by atoms with Crippen LogP contribution in [-0.4, -0.2) is 48.9 Å². The average Bonchev–Trinajstić information content (AvgIpc) is 3.13. The third-order valence-corrected chi connectivity index (χ3v) is 6.84. The molecule has 1 aromatic carbocycles. The molecule has 0 unspecified atom stereocenters. The molecule has 0 bridgehead atoms. The summed E-state index contributed by atoms with van der Waals surface area (Å²) in [6.45, 7) is 0.553. The number of rotatable bonds is 5. The van der Waals surface area contributed by atoms with Crippen LogP contribution in [0.2, 0.25) is 5.02 Å². The molecule has 2 N–H and O–H groups in total. The maximum Gasteiger partial charge on any atom is 0.294 e. The van der Waals surface area contributed by atoms with E-state index < -0.39 is 15.9 Å². The summed E-state index contributed by atoms with van der Waals surface area (Å²) in [6.07, 6.45) is 3.35. The van der Waals surface area contributed by atoms with Crippen molar-refractivity contribution in [2.24, 2.45) is 5.92 Å². The van der Waals surface area contributed by atoms with Crippen molar-refractivity contribution in [1.82, 2.24) is 9.29 Å². The maximum absolute atomic E-state index is 13.0. The third-order valence-electron chi connectivity index (χ3n) is 5.31. The molecule has 0 atom stereocenters. The number of pyridine rings is 1. The van der Waals surface area contributed by atoms with Crippen molar-refractivity contribution in [2.75, 3.05) is 30.0 Å². The topological polar surface area (TPSA) is 122 Å². The van der Waals surface area contributed by atoms with Crippen molar-refractivity contribution in [1.29, 1.82) is 0 Å². The number of anilines is 2. The fourth-order valence-electron chi connectivity index (χ4n) is 3.63. The monoisotopic (exact) mass is 476 g/mol. The van der Waals surface area contributed by atoms with Crippen LogP contribution in [-0.2, 0) is 14.8 Å². The standard InChI is InChI=1S/C21H21ClN4O5S/c1-32(29,30)26-10-8-13(9-11-26)20(27)25-18-15-4-2-3-5-16(15)31-19(18)21(28)24-17-7-6-14(22)12-23-17/h2-7,12-13H,8-11H2,1H3,(H,25,27)(H,23,24,28). The van der Waals surface area contributed by atoms with Crippen LogP contribution in [0.15, 0.2) is 47.0 Å². The zero-order chi connectivity index (χ0) is 22.9. The van der Waals surface area contributed by atoms with Crippen molar-refractivity contribution in [3.63, 3.8) is 0 Å². The molecule has 1 aliphatic heterocycles. The van der Waals surface area contributed by atoms with Gasteiger partial charge in [0.25, 0.3) is 5.91 Å². The van der Waals surface area contributed by atoms with Crippen molar-refractivity contribution in [2.45, 2.75) is 12.8 Å². The van der Waals surface area contributed by atoms with Gasteiger partial charge in [-0.3, -0.25) is 9.59 Å². The molecule has 1 aliphatic rings. The highest BCUT2D eigenvalue weighted by Gasteiger charge is 2.31. The summed E-state index contributed by atoms with van der Waals surface area (Å²) >= 11 is 5.83. The van der Waals surface area contributed by atoms with Gasteiger partial charge in [-0.1, -0.05) is 23.7 Å². The Hall–Kier alpha value is -2.95. The first kappa shape index (κ1) is 22.3. The summed E-state index contributed by atoms with van der Waals surface area (Å²) in [6, 6.07) is 10.1. The molecule has 32 heavy (non-hydrogen) atoms. The van der Waals surface area contributed by atoms with Crippen LogP contribution in [0.25, 0.3) is 11.0 Å². The SMILES string of the molecule is CS(=O)(=O)N1CCC(C(=O)Nc2c(C(=O)Nc3ccc(Cl)cn3)oc3ccccc23)CC1. The predicted octanol–water partition coefficient (Wildman–Crippen LogP) is 3.34. The molecule has 4 rings (SSSR count). The summed E-state index contributed by atoms with van der Waals surface area (Å²) in [4.78, 5) is 29.9. The number of hydrogen-bond acceptors (Lipinski definition) is 6. The molecule has 3 aromatic rings. The van der Waals surface area contributed by atoms with Gasteiger partial charge in [0.1, 0.15) is 17.1 Å². The Morgan fingerprint density at radius 1 is 1.12 bits per heavy atom. The molecule has 0 aliphatic carbocycles. The second-order valence-corrected chi connectivity index (χ2v) is 9.96. The molecule has 0 spiro atoms. The lowest BCUT2D eigenvalue weighted by molar-refractivity contribution is -0.120. The molecule has 2 amide bonds. The summed E-state index contributed by atoms with van der Waals surface area (Å²) in [5, 5.41) is 6.48. The van der Waals surface area contributed by atoms with Gasteiger partial charge in [0.05, 0.1) is 11.3 Å². The minimum atomic E-state index is -3.28. The van der Waals surface area contributed by atoms with Crippen LogP contribution in [0.1, 0.15) is 23.4 Å². The lowest BCUT2D eigenvalue weighted by Gasteiger charge is -2.29. The molecule has 11 heteroatoms. The maximum atomic E-state index is 13.0. The van der Waals surface area contributed by atoms with E-state index in [9.17, 15) is 18.0 Å². The molecule has 2 aromatic heterocycles. The molecule has 1 fully saturated rings. The fourth-order valence-corrected chi connectivity index (χ4v) is 4.61. The lowest BCUT2D eigenvalue weighted by Crippen LogP contribution is -2.41. The number of fused-ring (bicyclic) bond motifs is 1. The van der Waals surface area contributed by atoms with Crippen LogP contribution in [0.4, 0.5) is 11.5 Å². The Morgan fingerprint density at radius 3 is 2.50 bits per heavy atom. The smallest absolute Gasteiger partial charge is 0.294 e. The zero-order valence-corrected chi connectivity index (χ0v) is 18.7. The van der Waals surface area contributed by atoms with Crippen LogP contribution >= 0.6 is 11.6 Å². The number of nitrogens with zero attached hydrogens (tertiary/aromatic N) is 2. The highest BCUT2D eigenvalue weighted by molar-refractivity contribution is 7.88. The zero-order valence-electron chi connectivity index (χ0n) is 17.2. The van der Waals surface area contributed by atoms with E-state index in [2.05, 4.69) is 15.6 Å². The summed E-state index contributed by atoms with van der Waals surface area (Å²) < 4.78 is 30.5. The van der Waals surface area contributed by atoms with E-state index in [1.807, 2.05) is 0 Å². The Morgan fingerprint density at radius 2 is 1.84 bits per heavy atom. The Labute approximate surface area is 189 Å². The summed E-state index contributed by atoms with van der Waals surface area (Å²) in [5.41, 5.74) is 0.714. The number of furan rings is 1. The summed E-state index contributed by atoms with van der Waals surface area (Å²) in [7, 11) is -3.28. The Kier molecular flexibility index (Phi) is 6.18. The molecule has 9 nitrogen and oxygen atoms in total. The van der Waals surface area contributed by atoms with Gasteiger partial charge in [-0.2, -0.15) is 0 Å². The number of carbonyl (C=O) groups is 2. The Bertz CT molecular complexity index is 1270. The first-order chi connectivity index (χ1) is 15.2. The largest absolute Gasteiger partial charge is 0.449 e. The van der Waals surface area contributed by atoms with E-state index in [1.165, 1.54) is 10.5 Å². The van der Waals surface area contributed by atoms with Crippen LogP contribution in [0.5, 0.6) is 0 Å². The van der Waals surface area contributed by atoms with Crippen LogP contribution in [0, 0.1) is 5.92 Å². The van der Waals surface area contributed by atoms with Gasteiger partial charge in [0.15, 0.2) is 0 Å². The van der Waals surface area contributed by atoms with E-state index in [4.69, 9.17) is 16.0 Å². The van der Waals surface area contributed by atoms with Gasteiger partial charge in [-0.05, 0) is 37.1 Å². The number of benzene rings is 1. The van der Waals surface area contributed by atoms with Gasteiger partial charge in [-0.25, -0.2) is 17.7 Å². The number of hydrogen-bond donors (Lipinski definition) is 2. The first-order valence-corrected chi connectivity index (χ1v) is 12.2. The first-order valence-electron chi connectivity index (χ1n) is 9.93. The van der Waals surface area contributed by atoms with Gasteiger partial charge < -0.3 is 15.1 Å². The van der Waals surface area contributed by atoms with Crippen molar-refractivity contribution in [3.05, 3.63) is 53.4 Å². The second-order valence-electron chi connectivity index (χ2n) is 7.54. The quantitative estimate of drug-likeness (QED) is 0.582. The fraction of sp³-hybridized carbons (Fsp3) is 0.286. The van der Waals surface area contributed by atoms with E-state index >= 15 is 0 Å². The highest BCUT2D eigenvalue weighted by atomic mass is 35.5. The van der Waals surface area contributed by atoms with E-state index in [0.29, 0.717) is 28.8 Å². The molecule has 0 radical (unpaired) electrons. The molecule has 1 saturated heterocycles. The van der Waals surface area contributed by atoms with Gasteiger partial charge >= 0.3 is 0 Å². The van der Waals surface area contributed by atoms with Crippen molar-refractivity contribution < 1.29 is 22.4 Å². The molecule has 168 valence electrons. The second kappa shape index (κ2) is 8.89. The molecular weight excluding hydrogens is 456 g/mol. The minimum Gasteiger partial charge on any atom is -0.449 e. The molecule has 3 heterocycles. The summed E-state index contributed by atoms with van der Waals surface area (Å²) in [5.74, 6) is -1.01.